The molecule has 0 aliphatic heterocycles. The van der Waals surface area contributed by atoms with Crippen LogP contribution in [-0.4, -0.2) is 47.7 Å². The Morgan fingerprint density at radius 3 is 2.08 bits per heavy atom. The summed E-state index contributed by atoms with van der Waals surface area (Å²) < 4.78 is 1.32. The van der Waals surface area contributed by atoms with Crippen LogP contribution < -0.4 is 5.43 Å². The number of aromatic nitrogens is 3. The highest BCUT2D eigenvalue weighted by molar-refractivity contribution is 5.81. The van der Waals surface area contributed by atoms with E-state index in [-0.39, 0.29) is 28.9 Å². The van der Waals surface area contributed by atoms with Crippen LogP contribution in [0, 0.1) is 0 Å². The molecule has 0 saturated heterocycles. The van der Waals surface area contributed by atoms with E-state index < -0.39 is 0 Å². The number of hydrazone groups is 1. The molecule has 0 fully saturated rings. The molecule has 1 heterocycles. The maximum atomic E-state index is 9.46. The third-order valence-corrected chi connectivity index (χ3v) is 3.24. The monoisotopic (exact) mass is 354 g/mol. The summed E-state index contributed by atoms with van der Waals surface area (Å²) in [5.41, 5.74) is 3.76. The number of phenols is 4. The Bertz CT molecular complexity index is 983. The van der Waals surface area contributed by atoms with E-state index in [1.165, 1.54) is 47.7 Å². The van der Waals surface area contributed by atoms with Gasteiger partial charge in [-0.05, 0) is 47.5 Å². The summed E-state index contributed by atoms with van der Waals surface area (Å²) in [6, 6.07) is 8.54. The van der Waals surface area contributed by atoms with E-state index in [0.29, 0.717) is 11.1 Å². The fourth-order valence-electron chi connectivity index (χ4n) is 1.92. The molecular formula is C16H14N6O4. The Balaban J connectivity index is 1.70. The maximum absolute atomic E-state index is 9.46. The predicted octanol–water partition coefficient (Wildman–Crippen LogP) is 1.43. The van der Waals surface area contributed by atoms with Gasteiger partial charge in [0.1, 0.15) is 6.33 Å². The van der Waals surface area contributed by atoms with E-state index in [1.807, 2.05) is 0 Å². The normalized spacial score (nSPS) is 11.4. The first kappa shape index (κ1) is 16.8. The first-order valence-electron chi connectivity index (χ1n) is 7.30. The van der Waals surface area contributed by atoms with Gasteiger partial charge in [0.25, 0.3) is 5.95 Å². The molecular weight excluding hydrogens is 340 g/mol. The molecule has 10 heteroatoms. The Morgan fingerprint density at radius 2 is 1.46 bits per heavy atom. The fourth-order valence-corrected chi connectivity index (χ4v) is 1.92. The zero-order valence-corrected chi connectivity index (χ0v) is 13.2. The van der Waals surface area contributed by atoms with Crippen molar-refractivity contribution in [1.82, 2.24) is 14.9 Å². The Labute approximate surface area is 147 Å². The second-order valence-corrected chi connectivity index (χ2v) is 5.11. The second kappa shape index (κ2) is 7.21. The van der Waals surface area contributed by atoms with Crippen molar-refractivity contribution in [2.75, 3.05) is 5.43 Å². The van der Waals surface area contributed by atoms with Gasteiger partial charge in [-0.2, -0.15) is 14.9 Å². The Hall–Kier alpha value is -4.08. The molecule has 26 heavy (non-hydrogen) atoms. The molecule has 0 radical (unpaired) electrons. The molecule has 0 amide bonds. The molecule has 0 saturated carbocycles. The van der Waals surface area contributed by atoms with Gasteiger partial charge in [-0.3, -0.25) is 0 Å². The van der Waals surface area contributed by atoms with Gasteiger partial charge in [0.2, 0.25) is 0 Å². The number of hydrogen-bond acceptors (Lipinski definition) is 9. The van der Waals surface area contributed by atoms with Gasteiger partial charge in [0, 0.05) is 0 Å². The SMILES string of the molecule is Oc1ccc(/C=N/Nc2nncn2/N=C/c2ccc(O)c(O)c2)cc1O. The highest BCUT2D eigenvalue weighted by Crippen LogP contribution is 2.24. The van der Waals surface area contributed by atoms with Crippen LogP contribution >= 0.6 is 0 Å². The molecule has 5 N–H and O–H groups in total. The van der Waals surface area contributed by atoms with Crippen molar-refractivity contribution in [2.45, 2.75) is 0 Å². The average molecular weight is 354 g/mol. The van der Waals surface area contributed by atoms with Gasteiger partial charge in [-0.15, -0.1) is 10.2 Å². The summed E-state index contributed by atoms with van der Waals surface area (Å²) in [5, 5.41) is 53.1. The summed E-state index contributed by atoms with van der Waals surface area (Å²) in [6.45, 7) is 0. The number of benzene rings is 2. The van der Waals surface area contributed by atoms with E-state index in [1.54, 1.807) is 12.1 Å². The first-order valence-corrected chi connectivity index (χ1v) is 7.30. The second-order valence-electron chi connectivity index (χ2n) is 5.11. The number of phenolic OH excluding ortho intramolecular Hbond substituents is 4. The van der Waals surface area contributed by atoms with Crippen LogP contribution in [0.5, 0.6) is 23.0 Å². The Kier molecular flexibility index (Phi) is 4.65. The van der Waals surface area contributed by atoms with E-state index >= 15 is 0 Å². The highest BCUT2D eigenvalue weighted by atomic mass is 16.3. The largest absolute Gasteiger partial charge is 0.504 e. The zero-order chi connectivity index (χ0) is 18.5. The van der Waals surface area contributed by atoms with Crippen LogP contribution in [0.1, 0.15) is 11.1 Å². The standard InChI is InChI=1S/C16H14N6O4/c23-12-3-1-10(5-14(12)25)7-17-20-16-21-18-9-22(16)19-8-11-2-4-13(24)15(26)6-11/h1-9,23-26H,(H,20,21)/b17-7+,19-8+. The van der Waals surface area contributed by atoms with Crippen LogP contribution in [-0.2, 0) is 0 Å². The van der Waals surface area contributed by atoms with Gasteiger partial charge < -0.3 is 20.4 Å². The van der Waals surface area contributed by atoms with Gasteiger partial charge in [0.15, 0.2) is 23.0 Å². The summed E-state index contributed by atoms with van der Waals surface area (Å²) in [4.78, 5) is 0. The van der Waals surface area contributed by atoms with E-state index in [4.69, 9.17) is 0 Å². The van der Waals surface area contributed by atoms with Crippen molar-refractivity contribution >= 4 is 18.4 Å². The number of anilines is 1. The molecule has 0 spiro atoms. The molecule has 132 valence electrons. The number of nitrogens with one attached hydrogen (secondary N) is 1. The summed E-state index contributed by atoms with van der Waals surface area (Å²) >= 11 is 0. The molecule has 0 unspecified atom stereocenters. The quantitative estimate of drug-likeness (QED) is 0.264. The van der Waals surface area contributed by atoms with E-state index in [0.717, 1.165) is 0 Å². The van der Waals surface area contributed by atoms with E-state index in [9.17, 15) is 20.4 Å². The molecule has 0 aliphatic carbocycles. The lowest BCUT2D eigenvalue weighted by Gasteiger charge is -2.01. The Morgan fingerprint density at radius 1 is 0.846 bits per heavy atom. The predicted molar refractivity (Wildman–Crippen MR) is 93.8 cm³/mol. The van der Waals surface area contributed by atoms with Gasteiger partial charge in [-0.25, -0.2) is 5.43 Å². The third-order valence-electron chi connectivity index (χ3n) is 3.24. The average Bonchev–Trinajstić information content (AvgIpc) is 3.06. The molecule has 3 rings (SSSR count). The summed E-state index contributed by atoms with van der Waals surface area (Å²) in [6.07, 6.45) is 4.20. The minimum Gasteiger partial charge on any atom is -0.504 e. The number of nitrogens with zero attached hydrogens (tertiary/aromatic N) is 5. The lowest BCUT2D eigenvalue weighted by atomic mass is 10.2. The molecule has 0 atom stereocenters. The number of hydrogen-bond donors (Lipinski definition) is 5. The minimum absolute atomic E-state index is 0.218. The van der Waals surface area contributed by atoms with Crippen LogP contribution in [0.4, 0.5) is 5.95 Å². The van der Waals surface area contributed by atoms with Crippen LogP contribution in [0.25, 0.3) is 0 Å². The van der Waals surface area contributed by atoms with Crippen LogP contribution in [0.2, 0.25) is 0 Å². The first-order chi connectivity index (χ1) is 12.5. The smallest absolute Gasteiger partial charge is 0.265 e. The van der Waals surface area contributed by atoms with Crippen LogP contribution in [0.3, 0.4) is 0 Å². The zero-order valence-electron chi connectivity index (χ0n) is 13.2. The number of aromatic hydroxyl groups is 4. The molecule has 2 aromatic carbocycles. The highest BCUT2D eigenvalue weighted by Gasteiger charge is 2.02. The number of rotatable bonds is 5. The van der Waals surface area contributed by atoms with Crippen molar-refractivity contribution < 1.29 is 20.4 Å². The topological polar surface area (TPSA) is 148 Å². The van der Waals surface area contributed by atoms with Crippen LogP contribution in [0.15, 0.2) is 52.9 Å². The summed E-state index contributed by atoms with van der Waals surface area (Å²) in [5.74, 6) is -0.715. The van der Waals surface area contributed by atoms with Crippen molar-refractivity contribution in [2.24, 2.45) is 10.2 Å². The molecule has 3 aromatic rings. The maximum Gasteiger partial charge on any atom is 0.265 e. The molecule has 1 aromatic heterocycles. The lowest BCUT2D eigenvalue weighted by Crippen LogP contribution is -1.99. The van der Waals surface area contributed by atoms with Gasteiger partial charge >= 0.3 is 0 Å². The molecule has 0 aliphatic rings. The third kappa shape index (κ3) is 3.87. The van der Waals surface area contributed by atoms with Crippen molar-refractivity contribution in [3.05, 3.63) is 53.9 Å². The van der Waals surface area contributed by atoms with Crippen molar-refractivity contribution in [1.29, 1.82) is 0 Å². The minimum atomic E-state index is -0.252. The van der Waals surface area contributed by atoms with Crippen molar-refractivity contribution in [3.8, 4) is 23.0 Å². The van der Waals surface area contributed by atoms with E-state index in [2.05, 4.69) is 25.8 Å². The molecule has 0 bridgehead atoms. The molecule has 10 nitrogen and oxygen atoms in total. The fraction of sp³-hybridized carbons (Fsp3) is 0. The van der Waals surface area contributed by atoms with Gasteiger partial charge in [-0.1, -0.05) is 0 Å². The van der Waals surface area contributed by atoms with Gasteiger partial charge in [0.05, 0.1) is 12.4 Å². The summed E-state index contributed by atoms with van der Waals surface area (Å²) in [7, 11) is 0. The lowest BCUT2D eigenvalue weighted by molar-refractivity contribution is 0.403. The van der Waals surface area contributed by atoms with Crippen molar-refractivity contribution in [3.63, 3.8) is 0 Å².